The molecule has 1 saturated heterocycles. The third kappa shape index (κ3) is 3.70. The number of carboxylic acids is 1. The molecular formula is C21H25N3O3. The van der Waals surface area contributed by atoms with Crippen LogP contribution in [0.1, 0.15) is 26.2 Å². The van der Waals surface area contributed by atoms with E-state index in [-0.39, 0.29) is 12.0 Å². The van der Waals surface area contributed by atoms with Crippen molar-refractivity contribution in [2.24, 2.45) is 5.92 Å². The lowest BCUT2D eigenvalue weighted by molar-refractivity contribution is -0.142. The Labute approximate surface area is 159 Å². The van der Waals surface area contributed by atoms with Crippen molar-refractivity contribution in [1.29, 1.82) is 0 Å². The number of aromatic nitrogens is 1. The van der Waals surface area contributed by atoms with Gasteiger partial charge in [0.2, 0.25) is 0 Å². The lowest BCUT2D eigenvalue weighted by Crippen LogP contribution is -2.36. The Hall–Kier alpha value is -2.76. The zero-order chi connectivity index (χ0) is 18.8. The van der Waals surface area contributed by atoms with Gasteiger partial charge in [-0.1, -0.05) is 13.0 Å². The number of hydrogen-bond acceptors (Lipinski definition) is 5. The molecule has 1 fully saturated rings. The molecule has 6 nitrogen and oxygen atoms in total. The second-order valence-corrected chi connectivity index (χ2v) is 7.24. The highest BCUT2D eigenvalue weighted by molar-refractivity contribution is 5.72. The van der Waals surface area contributed by atoms with Crippen molar-refractivity contribution in [2.75, 3.05) is 29.9 Å². The summed E-state index contributed by atoms with van der Waals surface area (Å²) >= 11 is 0. The Balaban J connectivity index is 1.47. The topological polar surface area (TPSA) is 74.7 Å². The highest BCUT2D eigenvalue weighted by atomic mass is 16.5. The summed E-state index contributed by atoms with van der Waals surface area (Å²) in [6.07, 6.45) is 4.42. The molecule has 0 saturated carbocycles. The molecule has 1 atom stereocenters. The number of fused-ring (bicyclic) bond motifs is 1. The van der Waals surface area contributed by atoms with E-state index in [1.807, 2.05) is 12.3 Å². The van der Waals surface area contributed by atoms with Gasteiger partial charge in [0.05, 0.1) is 18.2 Å². The number of carbonyl (C=O) groups is 1. The minimum Gasteiger partial charge on any atom is -0.486 e. The van der Waals surface area contributed by atoms with Gasteiger partial charge in [0.15, 0.2) is 0 Å². The number of nitrogens with one attached hydrogen (secondary N) is 1. The van der Waals surface area contributed by atoms with Gasteiger partial charge < -0.3 is 20.1 Å². The predicted octanol–water partition coefficient (Wildman–Crippen LogP) is 3.63. The Kier molecular flexibility index (Phi) is 4.88. The second-order valence-electron chi connectivity index (χ2n) is 7.24. The van der Waals surface area contributed by atoms with E-state index < -0.39 is 5.97 Å². The van der Waals surface area contributed by atoms with E-state index in [9.17, 15) is 4.79 Å². The maximum absolute atomic E-state index is 11.1. The van der Waals surface area contributed by atoms with E-state index in [4.69, 9.17) is 9.84 Å². The van der Waals surface area contributed by atoms with Crippen LogP contribution in [0.15, 0.2) is 36.5 Å². The van der Waals surface area contributed by atoms with E-state index in [0.29, 0.717) is 12.8 Å². The monoisotopic (exact) mass is 367 g/mol. The molecule has 2 N–H and O–H groups in total. The van der Waals surface area contributed by atoms with E-state index in [2.05, 4.69) is 46.4 Å². The van der Waals surface area contributed by atoms with Crippen LogP contribution in [0.4, 0.5) is 11.5 Å². The highest BCUT2D eigenvalue weighted by Gasteiger charge is 2.25. The smallest absolute Gasteiger partial charge is 0.306 e. The van der Waals surface area contributed by atoms with Crippen LogP contribution >= 0.6 is 0 Å². The Bertz CT molecular complexity index is 814. The molecule has 1 unspecified atom stereocenters. The van der Waals surface area contributed by atoms with Crippen LogP contribution in [0.2, 0.25) is 0 Å². The first-order valence-electron chi connectivity index (χ1n) is 9.63. The van der Waals surface area contributed by atoms with Crippen LogP contribution < -0.4 is 15.0 Å². The van der Waals surface area contributed by atoms with E-state index in [1.165, 1.54) is 0 Å². The van der Waals surface area contributed by atoms with Crippen LogP contribution in [0.3, 0.4) is 0 Å². The summed E-state index contributed by atoms with van der Waals surface area (Å²) in [7, 11) is 0. The maximum atomic E-state index is 11.1. The first-order valence-corrected chi connectivity index (χ1v) is 9.63. The fourth-order valence-corrected chi connectivity index (χ4v) is 3.72. The number of ether oxygens (including phenoxy) is 1. The molecule has 0 spiro atoms. The summed E-state index contributed by atoms with van der Waals surface area (Å²) in [6, 6.07) is 10.3. The van der Waals surface area contributed by atoms with Crippen molar-refractivity contribution in [3.05, 3.63) is 36.5 Å². The summed E-state index contributed by atoms with van der Waals surface area (Å²) in [5.41, 5.74) is 3.16. The van der Waals surface area contributed by atoms with Crippen molar-refractivity contribution < 1.29 is 14.6 Å². The molecule has 1 aromatic heterocycles. The number of hydrogen-bond donors (Lipinski definition) is 2. The van der Waals surface area contributed by atoms with Crippen LogP contribution in [-0.2, 0) is 4.79 Å². The average molecular weight is 367 g/mol. The van der Waals surface area contributed by atoms with Gasteiger partial charge in [-0.3, -0.25) is 4.79 Å². The lowest BCUT2D eigenvalue weighted by atomic mass is 9.97. The molecule has 27 heavy (non-hydrogen) atoms. The molecule has 0 radical (unpaired) electrons. The molecule has 0 aliphatic carbocycles. The zero-order valence-corrected chi connectivity index (χ0v) is 15.5. The standard InChI is InChI=1S/C21H25N3O3/c1-2-17-13-22-18-5-3-15(11-19(18)27-17)16-4-6-20(23-12-16)24-9-7-14(8-10-24)21(25)26/h3-6,11-12,14,17,22H,2,7-10,13H2,1H3,(H,25,26). The molecule has 2 aliphatic heterocycles. The summed E-state index contributed by atoms with van der Waals surface area (Å²) < 4.78 is 6.05. The van der Waals surface area contributed by atoms with E-state index >= 15 is 0 Å². The van der Waals surface area contributed by atoms with Gasteiger partial charge in [0.25, 0.3) is 0 Å². The number of pyridine rings is 1. The number of aliphatic carboxylic acids is 1. The highest BCUT2D eigenvalue weighted by Crippen LogP contribution is 2.34. The SMILES string of the molecule is CCC1CNc2ccc(-c3ccc(N4CCC(C(=O)O)CC4)nc3)cc2O1. The molecular weight excluding hydrogens is 342 g/mol. The van der Waals surface area contributed by atoms with Gasteiger partial charge >= 0.3 is 5.97 Å². The summed E-state index contributed by atoms with van der Waals surface area (Å²) in [4.78, 5) is 17.9. The number of benzene rings is 1. The van der Waals surface area contributed by atoms with Gasteiger partial charge in [0.1, 0.15) is 17.7 Å². The van der Waals surface area contributed by atoms with Gasteiger partial charge in [0, 0.05) is 24.8 Å². The Morgan fingerprint density at radius 2 is 2.04 bits per heavy atom. The summed E-state index contributed by atoms with van der Waals surface area (Å²) in [6.45, 7) is 4.45. The third-order valence-electron chi connectivity index (χ3n) is 5.50. The van der Waals surface area contributed by atoms with Gasteiger partial charge in [-0.15, -0.1) is 0 Å². The van der Waals surface area contributed by atoms with Gasteiger partial charge in [-0.25, -0.2) is 4.98 Å². The van der Waals surface area contributed by atoms with Crippen LogP contribution in [-0.4, -0.2) is 41.8 Å². The quantitative estimate of drug-likeness (QED) is 0.859. The maximum Gasteiger partial charge on any atom is 0.306 e. The number of nitrogens with zero attached hydrogens (tertiary/aromatic N) is 2. The van der Waals surface area contributed by atoms with Crippen molar-refractivity contribution in [3.63, 3.8) is 0 Å². The molecule has 0 amide bonds. The fourth-order valence-electron chi connectivity index (χ4n) is 3.72. The van der Waals surface area contributed by atoms with E-state index in [1.54, 1.807) is 0 Å². The first-order chi connectivity index (χ1) is 13.1. The summed E-state index contributed by atoms with van der Waals surface area (Å²) in [5, 5.41) is 12.5. The number of rotatable bonds is 4. The van der Waals surface area contributed by atoms with Crippen molar-refractivity contribution in [3.8, 4) is 16.9 Å². The molecule has 6 heteroatoms. The van der Waals surface area contributed by atoms with Crippen molar-refractivity contribution >= 4 is 17.5 Å². The molecule has 3 heterocycles. The van der Waals surface area contributed by atoms with Gasteiger partial charge in [-0.2, -0.15) is 0 Å². The minimum atomic E-state index is -0.688. The molecule has 4 rings (SSSR count). The Morgan fingerprint density at radius 3 is 2.70 bits per heavy atom. The second kappa shape index (κ2) is 7.47. The minimum absolute atomic E-state index is 0.210. The molecule has 1 aromatic carbocycles. The normalized spacial score (nSPS) is 19.7. The van der Waals surface area contributed by atoms with Crippen molar-refractivity contribution in [2.45, 2.75) is 32.3 Å². The Morgan fingerprint density at radius 1 is 1.26 bits per heavy atom. The fraction of sp³-hybridized carbons (Fsp3) is 0.429. The number of carboxylic acid groups (broad SMARTS) is 1. The lowest BCUT2D eigenvalue weighted by Gasteiger charge is -2.31. The van der Waals surface area contributed by atoms with Crippen LogP contribution in [0.5, 0.6) is 5.75 Å². The van der Waals surface area contributed by atoms with Crippen molar-refractivity contribution in [1.82, 2.24) is 4.98 Å². The van der Waals surface area contributed by atoms with Crippen LogP contribution in [0.25, 0.3) is 11.1 Å². The van der Waals surface area contributed by atoms with E-state index in [0.717, 1.165) is 54.4 Å². The number of anilines is 2. The molecule has 2 aromatic rings. The molecule has 0 bridgehead atoms. The predicted molar refractivity (Wildman–Crippen MR) is 105 cm³/mol. The molecule has 2 aliphatic rings. The number of piperidine rings is 1. The molecule has 142 valence electrons. The third-order valence-corrected chi connectivity index (χ3v) is 5.50. The summed E-state index contributed by atoms with van der Waals surface area (Å²) in [5.74, 6) is 0.888. The average Bonchev–Trinajstić information content (AvgIpc) is 2.73. The largest absolute Gasteiger partial charge is 0.486 e. The van der Waals surface area contributed by atoms with Gasteiger partial charge in [-0.05, 0) is 49.1 Å². The first kappa shape index (κ1) is 17.6. The van der Waals surface area contributed by atoms with Crippen LogP contribution in [0, 0.1) is 5.92 Å². The zero-order valence-electron chi connectivity index (χ0n) is 15.5.